The highest BCUT2D eigenvalue weighted by atomic mass is 16.5. The largest absolute Gasteiger partial charge is 0.497 e. The molecule has 0 saturated carbocycles. The lowest BCUT2D eigenvalue weighted by molar-refractivity contribution is -0.134. The first-order valence-electron chi connectivity index (χ1n) is 13.6. The Balaban J connectivity index is 1.35. The van der Waals surface area contributed by atoms with Crippen LogP contribution in [0.5, 0.6) is 11.5 Å². The number of hydrogen-bond donors (Lipinski definition) is 0. The Bertz CT molecular complexity index is 1330. The van der Waals surface area contributed by atoms with E-state index in [2.05, 4.69) is 66.1 Å². The average Bonchev–Trinajstić information content (AvgIpc) is 3.41. The molecule has 0 bridgehead atoms. The van der Waals surface area contributed by atoms with Crippen LogP contribution in [0, 0.1) is 13.8 Å². The van der Waals surface area contributed by atoms with Crippen LogP contribution in [0.1, 0.15) is 40.3 Å². The summed E-state index contributed by atoms with van der Waals surface area (Å²) in [5.74, 6) is 1.46. The molecular formula is C32H38N4O3. The summed E-state index contributed by atoms with van der Waals surface area (Å²) in [6.45, 7) is 9.04. The van der Waals surface area contributed by atoms with Crippen molar-refractivity contribution in [3.8, 4) is 11.5 Å². The highest BCUT2D eigenvalue weighted by Crippen LogP contribution is 2.39. The van der Waals surface area contributed by atoms with Crippen molar-refractivity contribution in [3.63, 3.8) is 0 Å². The van der Waals surface area contributed by atoms with Gasteiger partial charge in [0.2, 0.25) is 0 Å². The van der Waals surface area contributed by atoms with Gasteiger partial charge in [0, 0.05) is 50.3 Å². The minimum Gasteiger partial charge on any atom is -0.497 e. The molecule has 39 heavy (non-hydrogen) atoms. The minimum absolute atomic E-state index is 0.00156. The average molecular weight is 527 g/mol. The summed E-state index contributed by atoms with van der Waals surface area (Å²) in [7, 11) is 3.31. The van der Waals surface area contributed by atoms with Crippen molar-refractivity contribution in [2.45, 2.75) is 32.9 Å². The van der Waals surface area contributed by atoms with Gasteiger partial charge in [0.25, 0.3) is 5.91 Å². The Morgan fingerprint density at radius 2 is 1.64 bits per heavy atom. The molecular weight excluding hydrogens is 488 g/mol. The van der Waals surface area contributed by atoms with Crippen molar-refractivity contribution in [3.05, 3.63) is 94.5 Å². The third-order valence-corrected chi connectivity index (χ3v) is 7.74. The minimum atomic E-state index is -0.267. The highest BCUT2D eigenvalue weighted by Gasteiger charge is 2.36. The molecule has 2 aliphatic heterocycles. The van der Waals surface area contributed by atoms with Gasteiger partial charge in [-0.25, -0.2) is 5.01 Å². The lowest BCUT2D eigenvalue weighted by Gasteiger charge is -2.35. The molecule has 3 aromatic carbocycles. The maximum Gasteiger partial charge on any atom is 0.257 e. The van der Waals surface area contributed by atoms with Crippen LogP contribution in [0.3, 0.4) is 0 Å². The van der Waals surface area contributed by atoms with Crippen molar-refractivity contribution in [1.29, 1.82) is 0 Å². The predicted octanol–water partition coefficient (Wildman–Crippen LogP) is 4.82. The molecule has 1 saturated heterocycles. The van der Waals surface area contributed by atoms with Crippen LogP contribution >= 0.6 is 0 Å². The first-order valence-corrected chi connectivity index (χ1v) is 13.6. The standard InChI is InChI=1S/C32H38N4O3/c1-23-10-11-24(2)27(18-23)29-20-30(28-19-26(38-3)12-13-31(28)39-4)36(33-29)32(37)22-35-16-14-34(15-17-35)21-25-8-6-5-7-9-25/h5-13,18-19,30H,14-17,20-22H2,1-4H3/t30-/m1/s1. The first kappa shape index (κ1) is 26.9. The summed E-state index contributed by atoms with van der Waals surface area (Å²) in [5.41, 5.74) is 6.56. The third-order valence-electron chi connectivity index (χ3n) is 7.74. The molecule has 5 rings (SSSR count). The van der Waals surface area contributed by atoms with Crippen LogP contribution < -0.4 is 9.47 Å². The van der Waals surface area contributed by atoms with Gasteiger partial charge in [0.1, 0.15) is 11.5 Å². The van der Waals surface area contributed by atoms with E-state index >= 15 is 0 Å². The number of carbonyl (C=O) groups is 1. The number of carbonyl (C=O) groups excluding carboxylic acids is 1. The molecule has 7 nitrogen and oxygen atoms in total. The summed E-state index contributed by atoms with van der Waals surface area (Å²) >= 11 is 0. The van der Waals surface area contributed by atoms with Crippen LogP contribution in [0.4, 0.5) is 0 Å². The van der Waals surface area contributed by atoms with E-state index in [1.54, 1.807) is 19.2 Å². The van der Waals surface area contributed by atoms with E-state index in [4.69, 9.17) is 14.6 Å². The zero-order valence-electron chi connectivity index (χ0n) is 23.4. The van der Waals surface area contributed by atoms with Gasteiger partial charge in [-0.3, -0.25) is 14.6 Å². The number of hydrazone groups is 1. The van der Waals surface area contributed by atoms with Gasteiger partial charge >= 0.3 is 0 Å². The second kappa shape index (κ2) is 12.0. The lowest BCUT2D eigenvalue weighted by atomic mass is 9.94. The highest BCUT2D eigenvalue weighted by molar-refractivity contribution is 6.04. The second-order valence-electron chi connectivity index (χ2n) is 10.5. The van der Waals surface area contributed by atoms with E-state index in [-0.39, 0.29) is 11.9 Å². The van der Waals surface area contributed by atoms with Crippen LogP contribution in [0.25, 0.3) is 0 Å². The summed E-state index contributed by atoms with van der Waals surface area (Å²) in [6.07, 6.45) is 0.615. The van der Waals surface area contributed by atoms with Gasteiger partial charge in [0.15, 0.2) is 0 Å². The number of rotatable bonds is 8. The van der Waals surface area contributed by atoms with Crippen molar-refractivity contribution < 1.29 is 14.3 Å². The number of amides is 1. The molecule has 1 fully saturated rings. The fourth-order valence-electron chi connectivity index (χ4n) is 5.50. The van der Waals surface area contributed by atoms with Crippen LogP contribution in [0.2, 0.25) is 0 Å². The zero-order valence-corrected chi connectivity index (χ0v) is 23.4. The second-order valence-corrected chi connectivity index (χ2v) is 10.5. The maximum atomic E-state index is 13.8. The van der Waals surface area contributed by atoms with E-state index in [1.807, 2.05) is 24.3 Å². The SMILES string of the molecule is COc1ccc(OC)c([C@H]2CC(c3cc(C)ccc3C)=NN2C(=O)CN2CCN(Cc3ccccc3)CC2)c1. The molecule has 2 aliphatic rings. The first-order chi connectivity index (χ1) is 18.9. The Hall–Kier alpha value is -3.68. The molecule has 1 amide bonds. The molecule has 3 aromatic rings. The molecule has 7 heteroatoms. The Labute approximate surface area is 231 Å². The molecule has 1 atom stereocenters. The smallest absolute Gasteiger partial charge is 0.257 e. The quantitative estimate of drug-likeness (QED) is 0.422. The Morgan fingerprint density at radius 1 is 0.897 bits per heavy atom. The van der Waals surface area contributed by atoms with Gasteiger partial charge in [-0.05, 0) is 49.2 Å². The van der Waals surface area contributed by atoms with Gasteiger partial charge in [-0.15, -0.1) is 0 Å². The Morgan fingerprint density at radius 3 is 2.36 bits per heavy atom. The van der Waals surface area contributed by atoms with Gasteiger partial charge in [-0.1, -0.05) is 48.0 Å². The number of methoxy groups -OCH3 is 2. The number of aryl methyl sites for hydroxylation is 2. The van der Waals surface area contributed by atoms with Crippen molar-refractivity contribution in [1.82, 2.24) is 14.8 Å². The number of benzene rings is 3. The van der Waals surface area contributed by atoms with E-state index in [0.717, 1.165) is 66.6 Å². The van der Waals surface area contributed by atoms with Crippen LogP contribution in [-0.2, 0) is 11.3 Å². The van der Waals surface area contributed by atoms with Gasteiger partial charge < -0.3 is 9.47 Å². The molecule has 0 spiro atoms. The summed E-state index contributed by atoms with van der Waals surface area (Å²) in [5, 5.41) is 6.64. The molecule has 0 aliphatic carbocycles. The number of hydrogen-bond acceptors (Lipinski definition) is 6. The molecule has 2 heterocycles. The third kappa shape index (κ3) is 6.15. The number of ether oxygens (including phenoxy) is 2. The number of piperazine rings is 1. The van der Waals surface area contributed by atoms with E-state index in [1.165, 1.54) is 11.1 Å². The van der Waals surface area contributed by atoms with Gasteiger partial charge in [-0.2, -0.15) is 5.10 Å². The monoisotopic (exact) mass is 526 g/mol. The number of nitrogens with zero attached hydrogens (tertiary/aromatic N) is 4. The molecule has 0 unspecified atom stereocenters. The van der Waals surface area contributed by atoms with Crippen molar-refractivity contribution in [2.75, 3.05) is 46.9 Å². The molecule has 0 N–H and O–H groups in total. The van der Waals surface area contributed by atoms with E-state index < -0.39 is 0 Å². The normalized spacial score (nSPS) is 18.2. The van der Waals surface area contributed by atoms with E-state index in [9.17, 15) is 4.79 Å². The zero-order chi connectivity index (χ0) is 27.4. The summed E-state index contributed by atoms with van der Waals surface area (Å²) < 4.78 is 11.2. The van der Waals surface area contributed by atoms with Gasteiger partial charge in [0.05, 0.1) is 32.5 Å². The summed E-state index contributed by atoms with van der Waals surface area (Å²) in [4.78, 5) is 18.5. The van der Waals surface area contributed by atoms with Crippen LogP contribution in [0.15, 0.2) is 71.8 Å². The van der Waals surface area contributed by atoms with Crippen molar-refractivity contribution in [2.24, 2.45) is 5.10 Å². The fourth-order valence-corrected chi connectivity index (χ4v) is 5.50. The summed E-state index contributed by atoms with van der Waals surface area (Å²) in [6, 6.07) is 22.4. The fraction of sp³-hybridized carbons (Fsp3) is 0.375. The lowest BCUT2D eigenvalue weighted by Crippen LogP contribution is -2.49. The predicted molar refractivity (Wildman–Crippen MR) is 154 cm³/mol. The molecule has 204 valence electrons. The van der Waals surface area contributed by atoms with E-state index in [0.29, 0.717) is 13.0 Å². The molecule has 0 radical (unpaired) electrons. The maximum absolute atomic E-state index is 13.8. The molecule has 0 aromatic heterocycles. The topological polar surface area (TPSA) is 57.6 Å². The van der Waals surface area contributed by atoms with Crippen LogP contribution in [-0.4, -0.2) is 73.4 Å². The Kier molecular flexibility index (Phi) is 8.29. The van der Waals surface area contributed by atoms with Crippen molar-refractivity contribution >= 4 is 11.6 Å².